The molecule has 2 heterocycles. The van der Waals surface area contributed by atoms with Gasteiger partial charge in [0.15, 0.2) is 5.96 Å². The van der Waals surface area contributed by atoms with E-state index in [2.05, 4.69) is 35.9 Å². The van der Waals surface area contributed by atoms with Gasteiger partial charge in [0.25, 0.3) is 0 Å². The molecular weight excluding hydrogens is 415 g/mol. The molecule has 2 aliphatic rings. The van der Waals surface area contributed by atoms with Gasteiger partial charge in [-0.1, -0.05) is 6.92 Å². The lowest BCUT2D eigenvalue weighted by Gasteiger charge is -2.34. The largest absolute Gasteiger partial charge is 0.357 e. The molecule has 0 saturated carbocycles. The zero-order valence-corrected chi connectivity index (χ0v) is 17.9. The third kappa shape index (κ3) is 6.41. The second-order valence-corrected chi connectivity index (χ2v) is 7.11. The summed E-state index contributed by atoms with van der Waals surface area (Å²) in [6, 6.07) is 0.399. The molecule has 2 atom stereocenters. The number of carbonyl (C=O) groups excluding carboxylic acids is 1. The molecule has 2 aliphatic heterocycles. The first kappa shape index (κ1) is 21.5. The van der Waals surface area contributed by atoms with Gasteiger partial charge in [-0.25, -0.2) is 0 Å². The predicted octanol–water partition coefficient (Wildman–Crippen LogP) is 3.09. The Morgan fingerprint density at radius 1 is 1.17 bits per heavy atom. The van der Waals surface area contributed by atoms with Crippen LogP contribution in [0.1, 0.15) is 59.3 Å². The van der Waals surface area contributed by atoms with Crippen molar-refractivity contribution in [3.8, 4) is 0 Å². The van der Waals surface area contributed by atoms with Gasteiger partial charge in [0.2, 0.25) is 5.91 Å². The van der Waals surface area contributed by atoms with Gasteiger partial charge in [0, 0.05) is 38.6 Å². The standard InChI is InChI=1S/C18H34N4O.HI/c1-4-19-18(21-12-7-8-15(2)14-21)20-11-10-17(23)22-13-6-5-9-16(22)3;/h15-16H,4-14H2,1-3H3,(H,19,20);1H. The number of likely N-dealkylation sites (tertiary alicyclic amines) is 2. The first-order valence-corrected chi connectivity index (χ1v) is 9.44. The number of rotatable bonds is 4. The van der Waals surface area contributed by atoms with Gasteiger partial charge in [0.05, 0.1) is 6.54 Å². The molecule has 1 amide bonds. The Hall–Kier alpha value is -0.530. The van der Waals surface area contributed by atoms with Crippen molar-refractivity contribution >= 4 is 35.8 Å². The number of hydrogen-bond donors (Lipinski definition) is 1. The van der Waals surface area contributed by atoms with Crippen molar-refractivity contribution in [2.75, 3.05) is 32.7 Å². The van der Waals surface area contributed by atoms with Crippen LogP contribution in [0.25, 0.3) is 0 Å². The Labute approximate surface area is 164 Å². The fourth-order valence-corrected chi connectivity index (χ4v) is 3.68. The molecule has 0 aliphatic carbocycles. The second kappa shape index (κ2) is 11.2. The van der Waals surface area contributed by atoms with Gasteiger partial charge in [-0.15, -0.1) is 24.0 Å². The van der Waals surface area contributed by atoms with Gasteiger partial charge < -0.3 is 15.1 Å². The topological polar surface area (TPSA) is 47.9 Å². The summed E-state index contributed by atoms with van der Waals surface area (Å²) >= 11 is 0. The van der Waals surface area contributed by atoms with Crippen molar-refractivity contribution in [2.24, 2.45) is 10.9 Å². The number of nitrogens with one attached hydrogen (secondary N) is 1. The minimum atomic E-state index is 0. The Balaban J connectivity index is 0.00000288. The van der Waals surface area contributed by atoms with E-state index >= 15 is 0 Å². The quantitative estimate of drug-likeness (QED) is 0.407. The maximum atomic E-state index is 12.4. The van der Waals surface area contributed by atoms with Gasteiger partial charge in [-0.3, -0.25) is 9.79 Å². The van der Waals surface area contributed by atoms with Crippen molar-refractivity contribution in [1.29, 1.82) is 0 Å². The van der Waals surface area contributed by atoms with Crippen LogP contribution in [0.3, 0.4) is 0 Å². The summed E-state index contributed by atoms with van der Waals surface area (Å²) in [5, 5.41) is 3.39. The van der Waals surface area contributed by atoms with Crippen molar-refractivity contribution in [2.45, 2.75) is 65.3 Å². The summed E-state index contributed by atoms with van der Waals surface area (Å²) < 4.78 is 0. The maximum absolute atomic E-state index is 12.4. The zero-order valence-electron chi connectivity index (χ0n) is 15.6. The normalized spacial score (nSPS) is 25.2. The molecular formula is C18H35IN4O. The van der Waals surface area contributed by atoms with E-state index < -0.39 is 0 Å². The van der Waals surface area contributed by atoms with E-state index in [-0.39, 0.29) is 29.9 Å². The summed E-state index contributed by atoms with van der Waals surface area (Å²) in [4.78, 5) is 21.5. The highest BCUT2D eigenvalue weighted by molar-refractivity contribution is 14.0. The smallest absolute Gasteiger partial charge is 0.224 e. The molecule has 0 radical (unpaired) electrons. The van der Waals surface area contributed by atoms with Crippen LogP contribution in [-0.4, -0.2) is 60.4 Å². The molecule has 0 spiro atoms. The molecule has 0 aromatic rings. The lowest BCUT2D eigenvalue weighted by atomic mass is 10.0. The number of carbonyl (C=O) groups is 1. The van der Waals surface area contributed by atoms with Crippen molar-refractivity contribution in [1.82, 2.24) is 15.1 Å². The SMILES string of the molecule is CCNC(=NCCC(=O)N1CCCCC1C)N1CCCC(C)C1.I. The minimum absolute atomic E-state index is 0. The van der Waals surface area contributed by atoms with Crippen molar-refractivity contribution in [3.63, 3.8) is 0 Å². The van der Waals surface area contributed by atoms with Gasteiger partial charge in [-0.2, -0.15) is 0 Å². The highest BCUT2D eigenvalue weighted by atomic mass is 127. The fraction of sp³-hybridized carbons (Fsp3) is 0.889. The van der Waals surface area contributed by atoms with Gasteiger partial charge in [-0.05, 0) is 51.9 Å². The highest BCUT2D eigenvalue weighted by Crippen LogP contribution is 2.18. The molecule has 140 valence electrons. The number of nitrogens with zero attached hydrogens (tertiary/aromatic N) is 3. The third-order valence-electron chi connectivity index (χ3n) is 5.00. The summed E-state index contributed by atoms with van der Waals surface area (Å²) in [6.07, 6.45) is 6.61. The van der Waals surface area contributed by atoms with Crippen LogP contribution in [-0.2, 0) is 4.79 Å². The average Bonchev–Trinajstić information content (AvgIpc) is 2.54. The summed E-state index contributed by atoms with van der Waals surface area (Å²) in [6.45, 7) is 11.1. The Bertz CT molecular complexity index is 416. The molecule has 6 heteroatoms. The summed E-state index contributed by atoms with van der Waals surface area (Å²) in [5.74, 6) is 1.98. The van der Waals surface area contributed by atoms with Crippen LogP contribution in [0.2, 0.25) is 0 Å². The molecule has 2 unspecified atom stereocenters. The average molecular weight is 450 g/mol. The lowest BCUT2D eigenvalue weighted by molar-refractivity contribution is -0.134. The molecule has 5 nitrogen and oxygen atoms in total. The molecule has 2 fully saturated rings. The van der Waals surface area contributed by atoms with Crippen LogP contribution in [0, 0.1) is 5.92 Å². The summed E-state index contributed by atoms with van der Waals surface area (Å²) in [5.41, 5.74) is 0. The zero-order chi connectivity index (χ0) is 16.7. The highest BCUT2D eigenvalue weighted by Gasteiger charge is 2.23. The Kier molecular flexibility index (Phi) is 10.0. The Morgan fingerprint density at radius 3 is 2.62 bits per heavy atom. The number of guanidine groups is 1. The first-order chi connectivity index (χ1) is 11.1. The van der Waals surface area contributed by atoms with E-state index in [1.54, 1.807) is 0 Å². The molecule has 24 heavy (non-hydrogen) atoms. The van der Waals surface area contributed by atoms with E-state index in [4.69, 9.17) is 4.99 Å². The third-order valence-corrected chi connectivity index (χ3v) is 5.00. The number of amides is 1. The van der Waals surface area contributed by atoms with Crippen LogP contribution < -0.4 is 5.32 Å². The van der Waals surface area contributed by atoms with Crippen molar-refractivity contribution in [3.05, 3.63) is 0 Å². The monoisotopic (exact) mass is 450 g/mol. The molecule has 0 aromatic carbocycles. The van der Waals surface area contributed by atoms with E-state index in [0.717, 1.165) is 50.9 Å². The molecule has 0 aromatic heterocycles. The van der Waals surface area contributed by atoms with Crippen LogP contribution >= 0.6 is 24.0 Å². The summed E-state index contributed by atoms with van der Waals surface area (Å²) in [7, 11) is 0. The fourth-order valence-electron chi connectivity index (χ4n) is 3.68. The van der Waals surface area contributed by atoms with Gasteiger partial charge in [0.1, 0.15) is 0 Å². The molecule has 0 bridgehead atoms. The van der Waals surface area contributed by atoms with Gasteiger partial charge >= 0.3 is 0 Å². The number of halogens is 1. The van der Waals surface area contributed by atoms with E-state index in [1.165, 1.54) is 19.3 Å². The maximum Gasteiger partial charge on any atom is 0.224 e. The number of piperidine rings is 2. The van der Waals surface area contributed by atoms with Crippen LogP contribution in [0.4, 0.5) is 0 Å². The predicted molar refractivity (Wildman–Crippen MR) is 111 cm³/mol. The molecule has 2 rings (SSSR count). The van der Waals surface area contributed by atoms with E-state index in [0.29, 0.717) is 19.0 Å². The first-order valence-electron chi connectivity index (χ1n) is 9.44. The second-order valence-electron chi connectivity index (χ2n) is 7.11. The number of aliphatic imine (C=N–C) groups is 1. The van der Waals surface area contributed by atoms with E-state index in [9.17, 15) is 4.79 Å². The minimum Gasteiger partial charge on any atom is -0.357 e. The number of hydrogen-bond acceptors (Lipinski definition) is 2. The van der Waals surface area contributed by atoms with E-state index in [1.807, 2.05) is 0 Å². The Morgan fingerprint density at radius 2 is 1.96 bits per heavy atom. The van der Waals surface area contributed by atoms with Crippen LogP contribution in [0.15, 0.2) is 4.99 Å². The molecule has 2 saturated heterocycles. The van der Waals surface area contributed by atoms with Crippen molar-refractivity contribution < 1.29 is 4.79 Å². The van der Waals surface area contributed by atoms with Crippen LogP contribution in [0.5, 0.6) is 0 Å². The lowest BCUT2D eigenvalue weighted by Crippen LogP contribution is -2.46. The molecule has 1 N–H and O–H groups in total.